The summed E-state index contributed by atoms with van der Waals surface area (Å²) in [6, 6.07) is 7.13. The van der Waals surface area contributed by atoms with Crippen molar-refractivity contribution in [3.63, 3.8) is 0 Å². The Morgan fingerprint density at radius 2 is 1.92 bits per heavy atom. The Hall–Kier alpha value is -0.850. The second kappa shape index (κ2) is 2.89. The Morgan fingerprint density at radius 1 is 1.25 bits per heavy atom. The fourth-order valence-corrected chi connectivity index (χ4v) is 1.96. The summed E-state index contributed by atoms with van der Waals surface area (Å²) in [6.45, 7) is 2.22. The van der Waals surface area contributed by atoms with Gasteiger partial charge in [-0.05, 0) is 36.3 Å². The average Bonchev–Trinajstić information content (AvgIpc) is 2.01. The molecule has 0 amide bonds. The molecule has 1 saturated carbocycles. The molecule has 0 nitrogen and oxygen atoms in total. The highest BCUT2D eigenvalue weighted by molar-refractivity contribution is 5.23. The van der Waals surface area contributed by atoms with E-state index in [1.165, 1.54) is 0 Å². The Morgan fingerprint density at radius 3 is 2.50 bits per heavy atom. The second-order valence-corrected chi connectivity index (χ2v) is 3.80. The molecule has 1 heteroatoms. The largest absolute Gasteiger partial charge is 0.207 e. The van der Waals surface area contributed by atoms with Crippen molar-refractivity contribution in [3.05, 3.63) is 35.6 Å². The van der Waals surface area contributed by atoms with Crippen LogP contribution in [0.4, 0.5) is 4.39 Å². The number of rotatable bonds is 1. The fraction of sp³-hybridized carbons (Fsp3) is 0.455. The van der Waals surface area contributed by atoms with E-state index >= 15 is 0 Å². The molecule has 0 unspecified atom stereocenters. The molecule has 0 bridgehead atoms. The van der Waals surface area contributed by atoms with Gasteiger partial charge in [0.1, 0.15) is 5.82 Å². The first-order valence-corrected chi connectivity index (χ1v) is 4.52. The first kappa shape index (κ1) is 7.78. The van der Waals surface area contributed by atoms with Crippen LogP contribution in [0.2, 0.25) is 0 Å². The lowest BCUT2D eigenvalue weighted by atomic mass is 9.72. The Kier molecular flexibility index (Phi) is 1.87. The summed E-state index contributed by atoms with van der Waals surface area (Å²) < 4.78 is 13.2. The minimum Gasteiger partial charge on any atom is -0.207 e. The first-order chi connectivity index (χ1) is 5.77. The highest BCUT2D eigenvalue weighted by Gasteiger charge is 2.28. The molecule has 12 heavy (non-hydrogen) atoms. The van der Waals surface area contributed by atoms with E-state index in [-0.39, 0.29) is 5.82 Å². The molecule has 1 aliphatic carbocycles. The Labute approximate surface area is 72.4 Å². The van der Waals surface area contributed by atoms with Crippen molar-refractivity contribution in [2.45, 2.75) is 25.7 Å². The van der Waals surface area contributed by atoms with Gasteiger partial charge in [0, 0.05) is 0 Å². The smallest absolute Gasteiger partial charge is 0.126 e. The van der Waals surface area contributed by atoms with Crippen LogP contribution in [0, 0.1) is 11.7 Å². The zero-order valence-corrected chi connectivity index (χ0v) is 7.26. The molecule has 2 rings (SSSR count). The normalized spacial score (nSPS) is 28.2. The first-order valence-electron chi connectivity index (χ1n) is 4.52. The summed E-state index contributed by atoms with van der Waals surface area (Å²) in [6.07, 6.45) is 2.31. The molecule has 0 aliphatic heterocycles. The SMILES string of the molecule is C[C@H]1C[C@H](c2ccccc2F)C1. The van der Waals surface area contributed by atoms with Crippen LogP contribution < -0.4 is 0 Å². The third-order valence-electron chi connectivity index (χ3n) is 2.72. The van der Waals surface area contributed by atoms with Crippen LogP contribution in [0.1, 0.15) is 31.2 Å². The lowest BCUT2D eigenvalue weighted by Crippen LogP contribution is -2.19. The van der Waals surface area contributed by atoms with E-state index in [1.807, 2.05) is 12.1 Å². The minimum absolute atomic E-state index is 0.0330. The van der Waals surface area contributed by atoms with E-state index in [2.05, 4.69) is 6.92 Å². The van der Waals surface area contributed by atoms with Gasteiger partial charge in [0.25, 0.3) is 0 Å². The fourth-order valence-electron chi connectivity index (χ4n) is 1.96. The van der Waals surface area contributed by atoms with Crippen LogP contribution in [-0.4, -0.2) is 0 Å². The van der Waals surface area contributed by atoms with E-state index in [4.69, 9.17) is 0 Å². The Balaban J connectivity index is 2.18. The predicted molar refractivity (Wildman–Crippen MR) is 47.5 cm³/mol. The summed E-state index contributed by atoms with van der Waals surface area (Å²) >= 11 is 0. The van der Waals surface area contributed by atoms with Gasteiger partial charge in [0.2, 0.25) is 0 Å². The van der Waals surface area contributed by atoms with Crippen molar-refractivity contribution in [1.82, 2.24) is 0 Å². The van der Waals surface area contributed by atoms with Crippen molar-refractivity contribution in [3.8, 4) is 0 Å². The molecular weight excluding hydrogens is 151 g/mol. The van der Waals surface area contributed by atoms with Crippen molar-refractivity contribution >= 4 is 0 Å². The summed E-state index contributed by atoms with van der Waals surface area (Å²) in [7, 11) is 0. The second-order valence-electron chi connectivity index (χ2n) is 3.80. The van der Waals surface area contributed by atoms with Gasteiger partial charge in [-0.15, -0.1) is 0 Å². The molecule has 0 radical (unpaired) electrons. The van der Waals surface area contributed by atoms with E-state index in [0.717, 1.165) is 24.3 Å². The molecule has 0 spiro atoms. The molecular formula is C11H13F. The highest BCUT2D eigenvalue weighted by Crippen LogP contribution is 2.41. The van der Waals surface area contributed by atoms with Crippen LogP contribution in [0.25, 0.3) is 0 Å². The topological polar surface area (TPSA) is 0 Å². The van der Waals surface area contributed by atoms with Gasteiger partial charge < -0.3 is 0 Å². The number of benzene rings is 1. The van der Waals surface area contributed by atoms with E-state index in [1.54, 1.807) is 12.1 Å². The quantitative estimate of drug-likeness (QED) is 0.597. The Bertz CT molecular complexity index is 274. The summed E-state index contributed by atoms with van der Waals surface area (Å²) in [5, 5.41) is 0. The standard InChI is InChI=1S/C11H13F/c1-8-6-9(7-8)10-4-2-3-5-11(10)12/h2-5,8-9H,6-7H2,1H3/t8-,9-. The number of hydrogen-bond acceptors (Lipinski definition) is 0. The molecule has 0 heterocycles. The molecule has 0 saturated heterocycles. The maximum atomic E-state index is 13.2. The maximum absolute atomic E-state index is 13.2. The minimum atomic E-state index is -0.0330. The van der Waals surface area contributed by atoms with Gasteiger partial charge in [-0.2, -0.15) is 0 Å². The zero-order chi connectivity index (χ0) is 8.55. The van der Waals surface area contributed by atoms with Crippen LogP contribution in [0.3, 0.4) is 0 Å². The van der Waals surface area contributed by atoms with Crippen molar-refractivity contribution in [1.29, 1.82) is 0 Å². The van der Waals surface area contributed by atoms with Gasteiger partial charge in [-0.1, -0.05) is 25.1 Å². The molecule has 0 atom stereocenters. The van der Waals surface area contributed by atoms with Gasteiger partial charge in [-0.3, -0.25) is 0 Å². The molecule has 1 aromatic rings. The maximum Gasteiger partial charge on any atom is 0.126 e. The monoisotopic (exact) mass is 164 g/mol. The van der Waals surface area contributed by atoms with Crippen molar-refractivity contribution < 1.29 is 4.39 Å². The van der Waals surface area contributed by atoms with Crippen molar-refractivity contribution in [2.24, 2.45) is 5.92 Å². The molecule has 0 aromatic heterocycles. The van der Waals surface area contributed by atoms with Crippen LogP contribution in [0.5, 0.6) is 0 Å². The molecule has 1 aliphatic rings. The molecule has 0 N–H and O–H groups in total. The zero-order valence-electron chi connectivity index (χ0n) is 7.26. The third-order valence-corrected chi connectivity index (χ3v) is 2.72. The average molecular weight is 164 g/mol. The van der Waals surface area contributed by atoms with Gasteiger partial charge in [0.05, 0.1) is 0 Å². The lowest BCUT2D eigenvalue weighted by Gasteiger charge is -2.33. The van der Waals surface area contributed by atoms with Crippen LogP contribution >= 0.6 is 0 Å². The third kappa shape index (κ3) is 1.24. The predicted octanol–water partition coefficient (Wildman–Crippen LogP) is 3.34. The molecule has 64 valence electrons. The van der Waals surface area contributed by atoms with Crippen LogP contribution in [-0.2, 0) is 0 Å². The number of halogens is 1. The van der Waals surface area contributed by atoms with E-state index in [0.29, 0.717) is 5.92 Å². The summed E-state index contributed by atoms with van der Waals surface area (Å²) in [5.74, 6) is 1.24. The highest BCUT2D eigenvalue weighted by atomic mass is 19.1. The van der Waals surface area contributed by atoms with Crippen molar-refractivity contribution in [2.75, 3.05) is 0 Å². The summed E-state index contributed by atoms with van der Waals surface area (Å²) in [5.41, 5.74) is 0.913. The molecule has 1 aromatic carbocycles. The van der Waals surface area contributed by atoms with Gasteiger partial charge >= 0.3 is 0 Å². The van der Waals surface area contributed by atoms with Gasteiger partial charge in [-0.25, -0.2) is 4.39 Å². The lowest BCUT2D eigenvalue weighted by molar-refractivity contribution is 0.282. The molecule has 1 fully saturated rings. The van der Waals surface area contributed by atoms with E-state index < -0.39 is 0 Å². The van der Waals surface area contributed by atoms with Crippen LogP contribution in [0.15, 0.2) is 24.3 Å². The van der Waals surface area contributed by atoms with Gasteiger partial charge in [0.15, 0.2) is 0 Å². The van der Waals surface area contributed by atoms with E-state index in [9.17, 15) is 4.39 Å². The summed E-state index contributed by atoms with van der Waals surface area (Å²) in [4.78, 5) is 0. The number of hydrogen-bond donors (Lipinski definition) is 0.